The van der Waals surface area contributed by atoms with Crippen LogP contribution in [0.5, 0.6) is 0 Å². The lowest BCUT2D eigenvalue weighted by Crippen LogP contribution is -2.44. The van der Waals surface area contributed by atoms with E-state index in [1.54, 1.807) is 0 Å². The van der Waals surface area contributed by atoms with Crippen molar-refractivity contribution in [3.63, 3.8) is 0 Å². The van der Waals surface area contributed by atoms with E-state index in [1.807, 2.05) is 0 Å². The summed E-state index contributed by atoms with van der Waals surface area (Å²) >= 11 is 0.958. The Morgan fingerprint density at radius 2 is 2.33 bits per heavy atom. The number of nitrogens with zero attached hydrogens (tertiary/aromatic N) is 2. The topological polar surface area (TPSA) is 42.4 Å². The quantitative estimate of drug-likeness (QED) is 0.751. The van der Waals surface area contributed by atoms with Gasteiger partial charge in [0, 0.05) is 11.6 Å². The number of hydrogen-bond donors (Lipinski definition) is 0. The highest BCUT2D eigenvalue weighted by atomic mass is 32.1. The summed E-state index contributed by atoms with van der Waals surface area (Å²) in [6.45, 7) is -0.679. The van der Waals surface area contributed by atoms with Crippen LogP contribution in [0.3, 0.4) is 0 Å². The molecule has 1 aliphatic rings. The van der Waals surface area contributed by atoms with Crippen molar-refractivity contribution >= 4 is 22.6 Å². The highest BCUT2D eigenvalue weighted by Gasteiger charge is 2.52. The Morgan fingerprint density at radius 1 is 1.60 bits per heavy atom. The fourth-order valence-electron chi connectivity index (χ4n) is 1.21. The van der Waals surface area contributed by atoms with Crippen LogP contribution >= 0.6 is 11.3 Å². The minimum Gasteiger partial charge on any atom is -0.447 e. The van der Waals surface area contributed by atoms with Crippen LogP contribution in [-0.4, -0.2) is 29.9 Å². The fraction of sp³-hybridized carbons (Fsp3) is 0.429. The lowest BCUT2D eigenvalue weighted by molar-refractivity contribution is -0.147. The molecular weight excluding hydrogens is 233 g/mol. The van der Waals surface area contributed by atoms with Crippen molar-refractivity contribution in [2.75, 3.05) is 11.5 Å². The van der Waals surface area contributed by atoms with Crippen LogP contribution in [0.2, 0.25) is 0 Å². The molecule has 15 heavy (non-hydrogen) atoms. The third-order valence-corrected chi connectivity index (χ3v) is 2.65. The van der Waals surface area contributed by atoms with Crippen molar-refractivity contribution in [1.29, 1.82) is 0 Å². The summed E-state index contributed by atoms with van der Waals surface area (Å²) < 4.78 is 41.8. The van der Waals surface area contributed by atoms with Crippen LogP contribution in [0, 0.1) is 0 Å². The van der Waals surface area contributed by atoms with Crippen molar-refractivity contribution in [2.45, 2.75) is 12.2 Å². The number of cyclic esters (lactones) is 1. The summed E-state index contributed by atoms with van der Waals surface area (Å²) in [6.07, 6.45) is -4.18. The van der Waals surface area contributed by atoms with E-state index < -0.39 is 24.9 Å². The predicted octanol–water partition coefficient (Wildman–Crippen LogP) is 2.03. The van der Waals surface area contributed by atoms with Crippen LogP contribution in [0.4, 0.5) is 23.1 Å². The number of anilines is 1. The molecule has 1 aromatic heterocycles. The molecule has 0 saturated carbocycles. The van der Waals surface area contributed by atoms with E-state index in [4.69, 9.17) is 0 Å². The molecule has 0 radical (unpaired) electrons. The van der Waals surface area contributed by atoms with E-state index in [0.717, 1.165) is 11.3 Å². The number of carbonyl (C=O) groups excluding carboxylic acids is 1. The maximum Gasteiger partial charge on any atom is 0.416 e. The SMILES string of the molecule is O=C1OC[C@@H](C(F)(F)F)N1c1nccs1. The molecule has 1 atom stereocenters. The molecular formula is C7H5F3N2O2S. The van der Waals surface area contributed by atoms with Crippen LogP contribution < -0.4 is 4.90 Å². The molecule has 1 saturated heterocycles. The first-order chi connectivity index (χ1) is 7.00. The monoisotopic (exact) mass is 238 g/mol. The molecule has 0 unspecified atom stereocenters. The van der Waals surface area contributed by atoms with E-state index >= 15 is 0 Å². The molecule has 82 valence electrons. The first-order valence-electron chi connectivity index (χ1n) is 3.92. The molecule has 1 fully saturated rings. The van der Waals surface area contributed by atoms with E-state index in [9.17, 15) is 18.0 Å². The molecule has 0 spiro atoms. The van der Waals surface area contributed by atoms with Gasteiger partial charge in [-0.2, -0.15) is 13.2 Å². The number of carbonyl (C=O) groups is 1. The van der Waals surface area contributed by atoms with Crippen LogP contribution in [0.25, 0.3) is 0 Å². The highest BCUT2D eigenvalue weighted by molar-refractivity contribution is 7.13. The Hall–Kier alpha value is -1.31. The molecule has 2 heterocycles. The number of ether oxygens (including phenoxy) is 1. The van der Waals surface area contributed by atoms with Gasteiger partial charge in [0.05, 0.1) is 0 Å². The van der Waals surface area contributed by atoms with E-state index in [2.05, 4.69) is 9.72 Å². The Kier molecular flexibility index (Phi) is 2.29. The summed E-state index contributed by atoms with van der Waals surface area (Å²) in [4.78, 5) is 15.3. The first kappa shape index (κ1) is 10.2. The molecule has 1 aliphatic heterocycles. The minimum atomic E-state index is -4.50. The van der Waals surface area contributed by atoms with Gasteiger partial charge in [-0.25, -0.2) is 14.7 Å². The third kappa shape index (κ3) is 1.76. The molecule has 4 nitrogen and oxygen atoms in total. The Balaban J connectivity index is 2.31. The van der Waals surface area contributed by atoms with Crippen molar-refractivity contribution in [2.24, 2.45) is 0 Å². The van der Waals surface area contributed by atoms with Gasteiger partial charge in [-0.15, -0.1) is 11.3 Å². The number of alkyl halides is 3. The Morgan fingerprint density at radius 3 is 2.87 bits per heavy atom. The molecule has 1 aromatic rings. The van der Waals surface area contributed by atoms with Gasteiger partial charge < -0.3 is 4.74 Å². The predicted molar refractivity (Wildman–Crippen MR) is 45.8 cm³/mol. The molecule has 0 bridgehead atoms. The van der Waals surface area contributed by atoms with Gasteiger partial charge in [0.1, 0.15) is 6.61 Å². The van der Waals surface area contributed by atoms with Crippen molar-refractivity contribution in [3.8, 4) is 0 Å². The lowest BCUT2D eigenvalue weighted by atomic mass is 10.3. The Bertz CT molecular complexity index is 365. The van der Waals surface area contributed by atoms with Crippen LogP contribution in [-0.2, 0) is 4.74 Å². The van der Waals surface area contributed by atoms with Crippen molar-refractivity contribution in [3.05, 3.63) is 11.6 Å². The van der Waals surface area contributed by atoms with Gasteiger partial charge in [-0.1, -0.05) is 0 Å². The molecule has 0 aliphatic carbocycles. The van der Waals surface area contributed by atoms with Gasteiger partial charge in [-0.3, -0.25) is 0 Å². The molecule has 8 heteroatoms. The highest BCUT2D eigenvalue weighted by Crippen LogP contribution is 2.34. The molecule has 1 amide bonds. The summed E-state index contributed by atoms with van der Waals surface area (Å²) in [5.41, 5.74) is 0. The Labute approximate surface area is 86.3 Å². The fourth-order valence-corrected chi connectivity index (χ4v) is 1.89. The van der Waals surface area contributed by atoms with Gasteiger partial charge >= 0.3 is 12.3 Å². The van der Waals surface area contributed by atoms with Crippen molar-refractivity contribution < 1.29 is 22.7 Å². The lowest BCUT2D eigenvalue weighted by Gasteiger charge is -2.20. The second-order valence-electron chi connectivity index (χ2n) is 2.82. The van der Waals surface area contributed by atoms with Crippen LogP contribution in [0.15, 0.2) is 11.6 Å². The van der Waals surface area contributed by atoms with Gasteiger partial charge in [0.2, 0.25) is 0 Å². The van der Waals surface area contributed by atoms with Gasteiger partial charge in [-0.05, 0) is 0 Å². The van der Waals surface area contributed by atoms with Gasteiger partial charge in [0.15, 0.2) is 11.2 Å². The number of aromatic nitrogens is 1. The third-order valence-electron chi connectivity index (χ3n) is 1.88. The maximum absolute atomic E-state index is 12.5. The maximum atomic E-state index is 12.5. The zero-order chi connectivity index (χ0) is 11.1. The average Bonchev–Trinajstić information content (AvgIpc) is 2.69. The van der Waals surface area contributed by atoms with E-state index in [1.165, 1.54) is 11.6 Å². The summed E-state index contributed by atoms with van der Waals surface area (Å²) in [7, 11) is 0. The molecule has 2 rings (SSSR count). The molecule has 0 N–H and O–H groups in total. The largest absolute Gasteiger partial charge is 0.447 e. The zero-order valence-corrected chi connectivity index (χ0v) is 8.01. The first-order valence-corrected chi connectivity index (χ1v) is 4.80. The molecule has 0 aromatic carbocycles. The smallest absolute Gasteiger partial charge is 0.416 e. The zero-order valence-electron chi connectivity index (χ0n) is 7.19. The number of hydrogen-bond acceptors (Lipinski definition) is 4. The number of halogens is 3. The summed E-state index contributed by atoms with van der Waals surface area (Å²) in [5.74, 6) is 0. The second kappa shape index (κ2) is 3.37. The van der Waals surface area contributed by atoms with E-state index in [0.29, 0.717) is 4.90 Å². The minimum absolute atomic E-state index is 0.000162. The standard InChI is InChI=1S/C7H5F3N2O2S/c8-7(9,10)4-3-14-6(13)12(4)5-11-1-2-15-5/h1-2,4H,3H2/t4-/m0/s1. The van der Waals surface area contributed by atoms with Crippen molar-refractivity contribution in [1.82, 2.24) is 4.98 Å². The van der Waals surface area contributed by atoms with Crippen LogP contribution in [0.1, 0.15) is 0 Å². The average molecular weight is 238 g/mol. The summed E-state index contributed by atoms with van der Waals surface area (Å²) in [5, 5.41) is 1.49. The van der Waals surface area contributed by atoms with Gasteiger partial charge in [0.25, 0.3) is 0 Å². The number of thiazole rings is 1. The number of amides is 1. The van der Waals surface area contributed by atoms with E-state index in [-0.39, 0.29) is 5.13 Å². The normalized spacial score (nSPS) is 21.9. The second-order valence-corrected chi connectivity index (χ2v) is 3.69. The summed E-state index contributed by atoms with van der Waals surface area (Å²) in [6, 6.07) is -1.93. The number of rotatable bonds is 1.